The maximum absolute atomic E-state index is 10.6. The van der Waals surface area contributed by atoms with E-state index in [0.29, 0.717) is 13.0 Å². The zero-order valence-electron chi connectivity index (χ0n) is 19.8. The van der Waals surface area contributed by atoms with Gasteiger partial charge in [0.05, 0.1) is 33.4 Å². The molecule has 2 fully saturated rings. The van der Waals surface area contributed by atoms with Crippen molar-refractivity contribution in [1.82, 2.24) is 4.57 Å². The first-order valence-electron chi connectivity index (χ1n) is 11.3. The number of aromatic nitrogens is 2. The van der Waals surface area contributed by atoms with E-state index in [1.54, 1.807) is 0 Å². The van der Waals surface area contributed by atoms with Gasteiger partial charge in [-0.1, -0.05) is 0 Å². The van der Waals surface area contributed by atoms with Crippen molar-refractivity contribution in [1.29, 1.82) is 0 Å². The maximum Gasteiger partial charge on any atom is 0.673 e. The summed E-state index contributed by atoms with van der Waals surface area (Å²) in [5.41, 5.74) is 0. The van der Waals surface area contributed by atoms with E-state index in [1.165, 1.54) is 0 Å². The summed E-state index contributed by atoms with van der Waals surface area (Å²) in [5.74, 6) is 0. The van der Waals surface area contributed by atoms with Crippen LogP contribution in [-0.2, 0) is 32.5 Å². The molecule has 2 aliphatic heterocycles. The number of ether oxygens (including phenoxy) is 4. The molecule has 3 rings (SSSR count). The average Bonchev–Trinajstić information content (AvgIpc) is 3.24. The molecule has 0 spiro atoms. The number of imidazole rings is 1. The Labute approximate surface area is 209 Å². The van der Waals surface area contributed by atoms with Crippen LogP contribution in [0.25, 0.3) is 0 Å². The van der Waals surface area contributed by atoms with Gasteiger partial charge in [-0.2, -0.15) is 0 Å². The summed E-state index contributed by atoms with van der Waals surface area (Å²) in [6.45, 7) is -0.409. The van der Waals surface area contributed by atoms with E-state index in [2.05, 4.69) is 0 Å². The van der Waals surface area contributed by atoms with Gasteiger partial charge in [-0.3, -0.25) is 0 Å². The minimum absolute atomic E-state index is 0.183. The molecular weight excluding hydrogens is 519 g/mol. The molecule has 2 saturated heterocycles. The first kappa shape index (κ1) is 31.8. The van der Waals surface area contributed by atoms with E-state index >= 15 is 0 Å². The van der Waals surface area contributed by atoms with Gasteiger partial charge in [0.1, 0.15) is 61.2 Å². The predicted molar refractivity (Wildman–Crippen MR) is 113 cm³/mol. The van der Waals surface area contributed by atoms with Crippen LogP contribution in [0.1, 0.15) is 6.42 Å². The third-order valence-electron chi connectivity index (χ3n) is 5.63. The molecule has 13 nitrogen and oxygen atoms in total. The lowest BCUT2D eigenvalue weighted by atomic mass is 9.97. The third kappa shape index (κ3) is 9.36. The van der Waals surface area contributed by atoms with Crippen LogP contribution in [-0.4, -0.2) is 129 Å². The Bertz CT molecular complexity index is 802. The molecule has 0 bridgehead atoms. The zero-order valence-corrected chi connectivity index (χ0v) is 19.8. The highest BCUT2D eigenvalue weighted by molar-refractivity contribution is 6.50. The van der Waals surface area contributed by atoms with E-state index in [0.717, 1.165) is 0 Å². The molecule has 10 atom stereocenters. The predicted octanol–water partition coefficient (Wildman–Crippen LogP) is -3.36. The Hall–Kier alpha value is -1.45. The largest absolute Gasteiger partial charge is 0.673 e. The van der Waals surface area contributed by atoms with Crippen LogP contribution in [0.3, 0.4) is 0 Å². The lowest BCUT2D eigenvalue weighted by Crippen LogP contribution is -2.64. The Balaban J connectivity index is 0.000000877. The van der Waals surface area contributed by atoms with Gasteiger partial charge in [-0.05, 0) is 0 Å². The molecule has 2 aliphatic rings. The summed E-state index contributed by atoms with van der Waals surface area (Å²) in [6.07, 6.45) is -8.31. The molecule has 1 aromatic rings. The second-order valence-corrected chi connectivity index (χ2v) is 8.54. The van der Waals surface area contributed by atoms with Crippen LogP contribution < -0.4 is 4.57 Å². The lowest BCUT2D eigenvalue weighted by molar-refractivity contribution is -0.671. The molecule has 7 N–H and O–H groups in total. The highest BCUT2D eigenvalue weighted by Gasteiger charge is 2.50. The normalized spacial score (nSPS) is 36.6. The summed E-state index contributed by atoms with van der Waals surface area (Å²) >= 11 is 0. The van der Waals surface area contributed by atoms with Crippen LogP contribution >= 0.6 is 0 Å². The maximum atomic E-state index is 10.6. The molecule has 0 saturated carbocycles. The molecule has 18 heteroatoms. The summed E-state index contributed by atoms with van der Waals surface area (Å²) in [5, 5.41) is 69.7. The standard InChI is InChI=1S/C19H33N2O11.BF4/c1-20-4-5-21(9-20)3-2-6-29-19-17(15(27)13(25)11(8-23)31-19)32-18-16(28)14(26)12(24)10(7-22)30-18;2-1(3,4)5/h4-5,9-19,22-28H,2-3,6-8H2,1H3;/q+1;-1/t10-,11-,12+,13+,14+,15+,16-,17-,18+,19-;/m1./s1. The number of halogens is 4. The fourth-order valence-electron chi connectivity index (χ4n) is 3.75. The van der Waals surface area contributed by atoms with Crippen LogP contribution in [0.2, 0.25) is 0 Å². The number of hydrogen-bond donors (Lipinski definition) is 7. The minimum atomic E-state index is -6.00. The van der Waals surface area contributed by atoms with Gasteiger partial charge in [0.2, 0.25) is 6.33 Å². The van der Waals surface area contributed by atoms with Gasteiger partial charge in [0.15, 0.2) is 12.6 Å². The number of rotatable bonds is 9. The van der Waals surface area contributed by atoms with Gasteiger partial charge in [0, 0.05) is 6.42 Å². The van der Waals surface area contributed by atoms with Crippen molar-refractivity contribution in [2.75, 3.05) is 19.8 Å². The van der Waals surface area contributed by atoms with Gasteiger partial charge in [0.25, 0.3) is 0 Å². The van der Waals surface area contributed by atoms with E-state index in [4.69, 9.17) is 18.9 Å². The Morgan fingerprint density at radius 3 is 1.92 bits per heavy atom. The van der Waals surface area contributed by atoms with Crippen molar-refractivity contribution in [3.8, 4) is 0 Å². The quantitative estimate of drug-likeness (QED) is 0.0702. The summed E-state index contributed by atoms with van der Waals surface area (Å²) in [7, 11) is -4.11. The molecule has 1 aromatic heterocycles. The number of hydrogen-bond acceptors (Lipinski definition) is 11. The fraction of sp³-hybridized carbons (Fsp3) is 0.842. The smallest absolute Gasteiger partial charge is 0.418 e. The summed E-state index contributed by atoms with van der Waals surface area (Å²) in [4.78, 5) is 0. The molecule has 0 aromatic carbocycles. The van der Waals surface area contributed by atoms with E-state index in [9.17, 15) is 53.0 Å². The van der Waals surface area contributed by atoms with Crippen molar-refractivity contribution in [2.24, 2.45) is 7.05 Å². The molecule has 0 radical (unpaired) electrons. The zero-order chi connectivity index (χ0) is 27.9. The van der Waals surface area contributed by atoms with Gasteiger partial charge in [-0.25, -0.2) is 9.13 Å². The van der Waals surface area contributed by atoms with Gasteiger partial charge >= 0.3 is 7.25 Å². The molecule has 216 valence electrons. The van der Waals surface area contributed by atoms with Crippen molar-refractivity contribution >= 4 is 7.25 Å². The van der Waals surface area contributed by atoms with Crippen molar-refractivity contribution < 1.29 is 76.5 Å². The van der Waals surface area contributed by atoms with Crippen LogP contribution in [0, 0.1) is 0 Å². The monoisotopic (exact) mass is 552 g/mol. The van der Waals surface area contributed by atoms with Crippen LogP contribution in [0.15, 0.2) is 18.7 Å². The summed E-state index contributed by atoms with van der Waals surface area (Å²) < 4.78 is 65.0. The number of aliphatic hydroxyl groups is 7. The Kier molecular flexibility index (Phi) is 12.1. The highest BCUT2D eigenvalue weighted by Crippen LogP contribution is 2.29. The molecule has 0 amide bonds. The molecule has 3 heterocycles. The molecule has 0 aliphatic carbocycles. The average molecular weight is 552 g/mol. The Morgan fingerprint density at radius 1 is 0.865 bits per heavy atom. The Morgan fingerprint density at radius 2 is 1.41 bits per heavy atom. The minimum Gasteiger partial charge on any atom is -0.418 e. The summed E-state index contributed by atoms with van der Waals surface area (Å²) in [6, 6.07) is 0. The molecule has 37 heavy (non-hydrogen) atoms. The first-order chi connectivity index (χ1) is 17.3. The number of nitrogens with zero attached hydrogens (tertiary/aromatic N) is 2. The number of aryl methyl sites for hydroxylation is 2. The van der Waals surface area contributed by atoms with Gasteiger partial charge in [-0.15, -0.1) is 0 Å². The second kappa shape index (κ2) is 14.1. The SMILES string of the molecule is C[n+]1ccn(CCCO[C@@H]2O[C@H](CO)[C@H](O)[C@H](O)[C@H]2O[C@@H]2O[C@H](CO)[C@H](O)[C@H](O)[C@H]2O)c1.F[B-](F)(F)F. The molecular formula is C19H33BF4N2O11. The van der Waals surface area contributed by atoms with E-state index in [-0.39, 0.29) is 6.61 Å². The van der Waals surface area contributed by atoms with Crippen LogP contribution in [0.4, 0.5) is 17.3 Å². The fourth-order valence-corrected chi connectivity index (χ4v) is 3.75. The van der Waals surface area contributed by atoms with Gasteiger partial charge < -0.3 is 72.0 Å². The number of aliphatic hydroxyl groups excluding tert-OH is 7. The van der Waals surface area contributed by atoms with Crippen LogP contribution in [0.5, 0.6) is 0 Å². The van der Waals surface area contributed by atoms with E-state index in [1.807, 2.05) is 34.9 Å². The highest BCUT2D eigenvalue weighted by atomic mass is 19.5. The topological polar surface area (TPSA) is 187 Å². The van der Waals surface area contributed by atoms with E-state index < -0.39 is 81.9 Å². The van der Waals surface area contributed by atoms with Crippen molar-refractivity contribution in [2.45, 2.75) is 74.4 Å². The lowest BCUT2D eigenvalue weighted by Gasteiger charge is -2.45. The van der Waals surface area contributed by atoms with Crippen molar-refractivity contribution in [3.63, 3.8) is 0 Å². The second-order valence-electron chi connectivity index (χ2n) is 8.54. The van der Waals surface area contributed by atoms with Crippen molar-refractivity contribution in [3.05, 3.63) is 18.7 Å². The molecule has 0 unspecified atom stereocenters. The third-order valence-corrected chi connectivity index (χ3v) is 5.63. The first-order valence-corrected chi connectivity index (χ1v) is 11.3.